The van der Waals surface area contributed by atoms with Crippen LogP contribution in [0.3, 0.4) is 0 Å². The molecular formula is C28H33ClF3NO6S. The molecule has 3 unspecified atom stereocenters. The Kier molecular flexibility index (Phi) is 9.21. The summed E-state index contributed by atoms with van der Waals surface area (Å²) in [7, 11) is -6.09. The number of hydrogen-bond donors (Lipinski definition) is 0. The fourth-order valence-electron chi connectivity index (χ4n) is 6.72. The van der Waals surface area contributed by atoms with Gasteiger partial charge in [-0.15, -0.1) is 0 Å². The maximum Gasteiger partial charge on any atom is 0.485 e. The van der Waals surface area contributed by atoms with E-state index in [4.69, 9.17) is 34.0 Å². The van der Waals surface area contributed by atoms with Gasteiger partial charge in [-0.2, -0.15) is 13.2 Å². The van der Waals surface area contributed by atoms with Gasteiger partial charge in [0.25, 0.3) is 0 Å². The number of benzene rings is 2. The van der Waals surface area contributed by atoms with Crippen LogP contribution in [0.15, 0.2) is 60.7 Å². The van der Waals surface area contributed by atoms with Gasteiger partial charge in [0, 0.05) is 38.5 Å². The Morgan fingerprint density at radius 2 is 1.38 bits per heavy atom. The summed E-state index contributed by atoms with van der Waals surface area (Å²) in [5, 5.41) is 0. The number of esters is 1. The Morgan fingerprint density at radius 1 is 0.950 bits per heavy atom. The van der Waals surface area contributed by atoms with E-state index < -0.39 is 26.8 Å². The van der Waals surface area contributed by atoms with Gasteiger partial charge in [-0.25, -0.2) is 13.2 Å². The molecule has 0 aromatic heterocycles. The van der Waals surface area contributed by atoms with Crippen LogP contribution in [0.5, 0.6) is 0 Å². The van der Waals surface area contributed by atoms with Crippen molar-refractivity contribution in [1.29, 1.82) is 0 Å². The van der Waals surface area contributed by atoms with Crippen molar-refractivity contribution < 1.29 is 44.9 Å². The van der Waals surface area contributed by atoms with Crippen molar-refractivity contribution in [3.63, 3.8) is 0 Å². The van der Waals surface area contributed by atoms with E-state index in [0.717, 1.165) is 24.0 Å². The van der Waals surface area contributed by atoms with Gasteiger partial charge in [0.1, 0.15) is 11.7 Å². The monoisotopic (exact) mass is 603 g/mol. The first-order valence-corrected chi connectivity index (χ1v) is 15.2. The number of carbonyl (C=O) groups is 1. The number of nitrogens with zero attached hydrogens (tertiary/aromatic N) is 1. The van der Waals surface area contributed by atoms with Gasteiger partial charge in [-0.3, -0.25) is 0 Å². The first-order valence-electron chi connectivity index (χ1n) is 13.3. The molecule has 7 nitrogen and oxygen atoms in total. The molecule has 0 N–H and O–H groups in total. The summed E-state index contributed by atoms with van der Waals surface area (Å²) in [5.41, 5.74) is -6.22. The molecule has 2 bridgehead atoms. The second-order valence-electron chi connectivity index (χ2n) is 10.6. The zero-order chi connectivity index (χ0) is 29.2. The zero-order valence-corrected chi connectivity index (χ0v) is 23.6. The van der Waals surface area contributed by atoms with Crippen LogP contribution in [-0.2, 0) is 30.0 Å². The van der Waals surface area contributed by atoms with Gasteiger partial charge in [0.2, 0.25) is 5.60 Å². The molecule has 3 heterocycles. The Labute approximate surface area is 237 Å². The van der Waals surface area contributed by atoms with Crippen molar-refractivity contribution >= 4 is 27.7 Å². The SMILES string of the molecule is CC(Cl)OC(C(=O)OC1CC2CCC(C1)[N+]21CCCC1)(c1ccccc1)c1ccccc1.O=S(=O)([O-])C(F)(F)F. The Bertz CT molecular complexity index is 1200. The minimum Gasteiger partial charge on any atom is -0.741 e. The maximum atomic E-state index is 14.0. The molecule has 0 saturated carbocycles. The lowest BCUT2D eigenvalue weighted by molar-refractivity contribution is -0.956. The average Bonchev–Trinajstić information content (AvgIpc) is 3.44. The largest absolute Gasteiger partial charge is 0.741 e. The highest BCUT2D eigenvalue weighted by molar-refractivity contribution is 7.86. The van der Waals surface area contributed by atoms with Crippen molar-refractivity contribution in [2.24, 2.45) is 0 Å². The normalized spacial score (nSPS) is 24.7. The number of rotatable bonds is 6. The molecule has 5 rings (SSSR count). The Hall–Kier alpha value is -2.18. The summed E-state index contributed by atoms with van der Waals surface area (Å²) >= 11 is 6.35. The molecule has 3 atom stereocenters. The third-order valence-corrected chi connectivity index (χ3v) is 8.96. The summed E-state index contributed by atoms with van der Waals surface area (Å²) in [4.78, 5) is 14.0. The van der Waals surface area contributed by atoms with Crippen LogP contribution in [0.4, 0.5) is 13.2 Å². The van der Waals surface area contributed by atoms with E-state index in [-0.39, 0.29) is 12.1 Å². The molecule has 12 heteroatoms. The predicted molar refractivity (Wildman–Crippen MR) is 141 cm³/mol. The summed E-state index contributed by atoms with van der Waals surface area (Å²) in [6.45, 7) is 4.36. The van der Waals surface area contributed by atoms with Crippen LogP contribution in [0.25, 0.3) is 0 Å². The first kappa shape index (κ1) is 30.8. The molecule has 0 radical (unpaired) electrons. The highest BCUT2D eigenvalue weighted by Crippen LogP contribution is 2.47. The van der Waals surface area contributed by atoms with E-state index >= 15 is 0 Å². The number of halogens is 4. The van der Waals surface area contributed by atoms with Crippen LogP contribution >= 0.6 is 11.6 Å². The fraction of sp³-hybridized carbons (Fsp3) is 0.536. The molecule has 2 aromatic rings. The third kappa shape index (κ3) is 6.18. The van der Waals surface area contributed by atoms with E-state index in [2.05, 4.69) is 0 Å². The summed E-state index contributed by atoms with van der Waals surface area (Å²) in [6.07, 6.45) is 7.04. The molecular weight excluding hydrogens is 571 g/mol. The topological polar surface area (TPSA) is 92.7 Å². The highest BCUT2D eigenvalue weighted by atomic mass is 35.5. The van der Waals surface area contributed by atoms with Crippen molar-refractivity contribution in [2.45, 2.75) is 80.3 Å². The molecule has 2 aromatic carbocycles. The van der Waals surface area contributed by atoms with Gasteiger partial charge < -0.3 is 18.5 Å². The molecule has 220 valence electrons. The number of alkyl halides is 4. The minimum atomic E-state index is -6.09. The maximum absolute atomic E-state index is 14.0. The van der Waals surface area contributed by atoms with Crippen LogP contribution in [0.1, 0.15) is 56.6 Å². The van der Waals surface area contributed by atoms with Crippen LogP contribution in [0.2, 0.25) is 0 Å². The lowest BCUT2D eigenvalue weighted by atomic mass is 9.85. The van der Waals surface area contributed by atoms with Gasteiger partial charge in [-0.1, -0.05) is 72.3 Å². The predicted octanol–water partition coefficient (Wildman–Crippen LogP) is 5.43. The van der Waals surface area contributed by atoms with Crippen molar-refractivity contribution in [3.05, 3.63) is 71.8 Å². The van der Waals surface area contributed by atoms with Gasteiger partial charge in [0.15, 0.2) is 10.1 Å². The molecule has 0 amide bonds. The third-order valence-electron chi connectivity index (χ3n) is 8.30. The first-order chi connectivity index (χ1) is 18.8. The smallest absolute Gasteiger partial charge is 0.485 e. The second kappa shape index (κ2) is 12.0. The van der Waals surface area contributed by atoms with Gasteiger partial charge in [-0.05, 0) is 18.1 Å². The van der Waals surface area contributed by atoms with Gasteiger partial charge in [0.05, 0.1) is 25.2 Å². The van der Waals surface area contributed by atoms with Crippen LogP contribution < -0.4 is 0 Å². The summed E-state index contributed by atoms with van der Waals surface area (Å²) in [5.74, 6) is -0.360. The van der Waals surface area contributed by atoms with E-state index in [0.29, 0.717) is 12.1 Å². The lowest BCUT2D eigenvalue weighted by Gasteiger charge is -2.47. The summed E-state index contributed by atoms with van der Waals surface area (Å²) < 4.78 is 72.8. The van der Waals surface area contributed by atoms with Crippen LogP contribution in [0, 0.1) is 0 Å². The fourth-order valence-corrected chi connectivity index (χ4v) is 6.85. The Morgan fingerprint density at radius 3 is 1.75 bits per heavy atom. The average molecular weight is 604 g/mol. The molecule has 3 aliphatic rings. The number of hydrogen-bond acceptors (Lipinski definition) is 6. The van der Waals surface area contributed by atoms with Gasteiger partial charge >= 0.3 is 11.5 Å². The minimum absolute atomic E-state index is 0.0645. The van der Waals surface area contributed by atoms with E-state index in [1.165, 1.54) is 43.3 Å². The molecule has 1 spiro atoms. The second-order valence-corrected chi connectivity index (χ2v) is 12.6. The quantitative estimate of drug-likeness (QED) is 0.144. The number of carbonyl (C=O) groups excluding carboxylic acids is 1. The molecule has 40 heavy (non-hydrogen) atoms. The molecule has 3 fully saturated rings. The number of piperidine rings is 1. The molecule has 3 aliphatic heterocycles. The van der Waals surface area contributed by atoms with Crippen molar-refractivity contribution in [2.75, 3.05) is 13.1 Å². The highest BCUT2D eigenvalue weighted by Gasteiger charge is 2.57. The van der Waals surface area contributed by atoms with E-state index in [1.807, 2.05) is 60.7 Å². The lowest BCUT2D eigenvalue weighted by Crippen LogP contribution is -2.60. The van der Waals surface area contributed by atoms with E-state index in [1.54, 1.807) is 6.92 Å². The van der Waals surface area contributed by atoms with Crippen molar-refractivity contribution in [3.8, 4) is 0 Å². The molecule has 3 saturated heterocycles. The zero-order valence-electron chi connectivity index (χ0n) is 22.1. The van der Waals surface area contributed by atoms with Crippen LogP contribution in [-0.4, -0.2) is 65.8 Å². The number of quaternary nitrogens is 1. The van der Waals surface area contributed by atoms with Crippen molar-refractivity contribution in [1.82, 2.24) is 0 Å². The summed E-state index contributed by atoms with van der Waals surface area (Å²) in [6, 6.07) is 20.5. The number of ether oxygens (including phenoxy) is 2. The van der Waals surface area contributed by atoms with E-state index in [9.17, 15) is 18.0 Å². The molecule has 0 aliphatic carbocycles. The standard InChI is InChI=1S/C27H33ClNO3.CHF3O3S/c1-20(28)32-27(21-10-4-2-5-11-21,22-12-6-3-7-13-22)26(30)31-25-18-23-14-15-24(19-25)29(23)16-8-9-17-29;2-1(3,4)8(5,6)7/h2-7,10-13,20,23-25H,8-9,14-19H2,1H3;(H,5,6,7)/q+1;/p-1. The Balaban J connectivity index is 0.000000406.